The molecule has 6 heterocycles. The van der Waals surface area contributed by atoms with Gasteiger partial charge >= 0.3 is 5.97 Å². The lowest BCUT2D eigenvalue weighted by Crippen LogP contribution is -2.62. The van der Waals surface area contributed by atoms with Crippen LogP contribution in [0.5, 0.6) is 0 Å². The van der Waals surface area contributed by atoms with Crippen LogP contribution >= 0.6 is 0 Å². The van der Waals surface area contributed by atoms with Crippen LogP contribution in [0.15, 0.2) is 36.8 Å². The Kier molecular flexibility index (Phi) is 4.92. The Morgan fingerprint density at radius 1 is 1.06 bits per heavy atom. The van der Waals surface area contributed by atoms with Gasteiger partial charge in [-0.3, -0.25) is 9.69 Å². The van der Waals surface area contributed by atoms with Gasteiger partial charge in [0.15, 0.2) is 5.82 Å². The number of fused-ring (bicyclic) bond motifs is 7. The zero-order chi connectivity index (χ0) is 24.4. The molecule has 0 spiro atoms. The minimum atomic E-state index is -0.213. The second-order valence-electron chi connectivity index (χ2n) is 10.2. The predicted molar refractivity (Wildman–Crippen MR) is 127 cm³/mol. The van der Waals surface area contributed by atoms with Crippen LogP contribution in [0.2, 0.25) is 0 Å². The summed E-state index contributed by atoms with van der Waals surface area (Å²) in [6, 6.07) is 8.89. The molecule has 36 heavy (non-hydrogen) atoms. The maximum Gasteiger partial charge on any atom is 0.338 e. The normalized spacial score (nSPS) is 26.4. The average molecular weight is 486 g/mol. The van der Waals surface area contributed by atoms with Gasteiger partial charge in [0.2, 0.25) is 0 Å². The molecule has 3 aromatic rings. The molecule has 7 rings (SSSR count). The molecule has 4 bridgehead atoms. The molecule has 3 fully saturated rings. The number of hydrogen-bond donors (Lipinski definition) is 0. The van der Waals surface area contributed by atoms with Gasteiger partial charge < -0.3 is 9.64 Å². The summed E-state index contributed by atoms with van der Waals surface area (Å²) in [4.78, 5) is 34.8. The van der Waals surface area contributed by atoms with Gasteiger partial charge in [-0.25, -0.2) is 9.78 Å². The molecule has 4 aliphatic heterocycles. The van der Waals surface area contributed by atoms with Gasteiger partial charge in [-0.1, -0.05) is 6.07 Å². The van der Waals surface area contributed by atoms with Gasteiger partial charge in [-0.05, 0) is 78.8 Å². The first-order chi connectivity index (χ1) is 17.6. The van der Waals surface area contributed by atoms with Crippen LogP contribution in [0.3, 0.4) is 0 Å². The summed E-state index contributed by atoms with van der Waals surface area (Å²) >= 11 is 0. The number of cyclic esters (lactones) is 1. The Hall–Kier alpha value is -3.66. The third-order valence-corrected chi connectivity index (χ3v) is 8.70. The van der Waals surface area contributed by atoms with Crippen molar-refractivity contribution >= 4 is 11.9 Å². The van der Waals surface area contributed by atoms with Crippen LogP contribution in [0, 0.1) is 6.92 Å². The molecule has 10 heteroatoms. The molecular weight excluding hydrogens is 458 g/mol. The van der Waals surface area contributed by atoms with Gasteiger partial charge in [0.1, 0.15) is 12.9 Å². The number of rotatable bonds is 5. The van der Waals surface area contributed by atoms with E-state index in [0.717, 1.165) is 44.2 Å². The third kappa shape index (κ3) is 3.20. The third-order valence-electron chi connectivity index (χ3n) is 8.70. The summed E-state index contributed by atoms with van der Waals surface area (Å²) in [5.41, 5.74) is 4.82. The summed E-state index contributed by atoms with van der Waals surface area (Å²) < 4.78 is 6.71. The van der Waals surface area contributed by atoms with Crippen molar-refractivity contribution in [3.63, 3.8) is 0 Å². The highest BCUT2D eigenvalue weighted by Crippen LogP contribution is 2.46. The van der Waals surface area contributed by atoms with Crippen molar-refractivity contribution in [2.24, 2.45) is 0 Å². The highest BCUT2D eigenvalue weighted by Gasteiger charge is 2.56. The maximum absolute atomic E-state index is 13.6. The molecule has 0 radical (unpaired) electrons. The van der Waals surface area contributed by atoms with E-state index in [2.05, 4.69) is 43.3 Å². The van der Waals surface area contributed by atoms with E-state index in [4.69, 9.17) is 4.74 Å². The quantitative estimate of drug-likeness (QED) is 0.506. The number of esters is 1. The smallest absolute Gasteiger partial charge is 0.338 e. The number of benzene rings is 1. The molecular formula is C26H27N7O3. The van der Waals surface area contributed by atoms with E-state index in [1.165, 1.54) is 22.1 Å². The SMILES string of the molecule is Cc1c(CCN2C3CCC2C2CCC3N2C(=O)c2ccc(-n3cnnn3)nc2)ccc2c1COC2=O. The fraction of sp³-hybridized carbons (Fsp3) is 0.462. The number of ether oxygens (including phenoxy) is 1. The van der Waals surface area contributed by atoms with Gasteiger partial charge in [0, 0.05) is 42.5 Å². The van der Waals surface area contributed by atoms with Crippen molar-refractivity contribution in [3.05, 3.63) is 64.6 Å². The van der Waals surface area contributed by atoms with E-state index >= 15 is 0 Å². The number of tetrazole rings is 1. The van der Waals surface area contributed by atoms with Crippen LogP contribution in [0.4, 0.5) is 0 Å². The lowest BCUT2D eigenvalue weighted by molar-refractivity contribution is 0.0107. The summed E-state index contributed by atoms with van der Waals surface area (Å²) in [7, 11) is 0. The zero-order valence-corrected chi connectivity index (χ0v) is 20.1. The van der Waals surface area contributed by atoms with E-state index in [1.54, 1.807) is 12.3 Å². The molecule has 0 saturated carbocycles. The Balaban J connectivity index is 1.08. The number of carbonyl (C=O) groups is 2. The van der Waals surface area contributed by atoms with E-state index in [0.29, 0.717) is 35.6 Å². The Labute approximate surface area is 208 Å². The minimum Gasteiger partial charge on any atom is -0.457 e. The topological polar surface area (TPSA) is 106 Å². The number of aromatic nitrogens is 5. The van der Waals surface area contributed by atoms with Crippen LogP contribution in [-0.4, -0.2) is 77.6 Å². The van der Waals surface area contributed by atoms with Crippen LogP contribution in [-0.2, 0) is 17.8 Å². The predicted octanol–water partition coefficient (Wildman–Crippen LogP) is 2.10. The van der Waals surface area contributed by atoms with Crippen molar-refractivity contribution in [1.82, 2.24) is 35.0 Å². The second kappa shape index (κ2) is 8.19. The number of carbonyl (C=O) groups excluding carboxylic acids is 2. The van der Waals surface area contributed by atoms with Crippen molar-refractivity contribution in [2.45, 2.75) is 69.8 Å². The molecule has 3 saturated heterocycles. The van der Waals surface area contributed by atoms with Gasteiger partial charge in [0.05, 0.1) is 11.1 Å². The number of nitrogens with zero attached hydrogens (tertiary/aromatic N) is 7. The molecule has 184 valence electrons. The first kappa shape index (κ1) is 21.6. The van der Waals surface area contributed by atoms with E-state index < -0.39 is 0 Å². The number of hydrogen-bond acceptors (Lipinski definition) is 8. The highest BCUT2D eigenvalue weighted by molar-refractivity contribution is 5.95. The Morgan fingerprint density at radius 3 is 2.53 bits per heavy atom. The molecule has 1 aromatic carbocycles. The molecule has 4 atom stereocenters. The van der Waals surface area contributed by atoms with Crippen LogP contribution in [0.25, 0.3) is 5.82 Å². The average Bonchev–Trinajstić information content (AvgIpc) is 3.67. The second-order valence-corrected chi connectivity index (χ2v) is 10.2. The maximum atomic E-state index is 13.6. The Morgan fingerprint density at radius 2 is 1.83 bits per heavy atom. The summed E-state index contributed by atoms with van der Waals surface area (Å²) in [5.74, 6) is 0.450. The zero-order valence-electron chi connectivity index (χ0n) is 20.1. The first-order valence-electron chi connectivity index (χ1n) is 12.7. The fourth-order valence-corrected chi connectivity index (χ4v) is 6.98. The van der Waals surface area contributed by atoms with Crippen molar-refractivity contribution in [3.8, 4) is 5.82 Å². The lowest BCUT2D eigenvalue weighted by Gasteiger charge is -2.47. The summed E-state index contributed by atoms with van der Waals surface area (Å²) in [5, 5.41) is 11.1. The van der Waals surface area contributed by atoms with Crippen molar-refractivity contribution < 1.29 is 14.3 Å². The molecule has 10 nitrogen and oxygen atoms in total. The van der Waals surface area contributed by atoms with Crippen LogP contribution in [0.1, 0.15) is 63.1 Å². The fourth-order valence-electron chi connectivity index (χ4n) is 6.98. The van der Waals surface area contributed by atoms with Crippen LogP contribution < -0.4 is 0 Å². The van der Waals surface area contributed by atoms with Crippen molar-refractivity contribution in [2.75, 3.05) is 6.54 Å². The van der Waals surface area contributed by atoms with Gasteiger partial charge in [-0.2, -0.15) is 4.68 Å². The summed E-state index contributed by atoms with van der Waals surface area (Å²) in [6.45, 7) is 3.46. The molecule has 0 N–H and O–H groups in total. The number of pyridine rings is 1. The van der Waals surface area contributed by atoms with E-state index in [9.17, 15) is 9.59 Å². The molecule has 4 aliphatic rings. The molecule has 4 unspecified atom stereocenters. The number of piperazine rings is 1. The largest absolute Gasteiger partial charge is 0.457 e. The molecule has 1 amide bonds. The monoisotopic (exact) mass is 485 g/mol. The Bertz CT molecular complexity index is 1320. The standard InChI is InChI=1S/C26H27N7O3/c1-15-16(2-4-18-19(15)13-36-26(18)35)10-11-31-20-5-6-21(31)23-8-7-22(20)33(23)25(34)17-3-9-24(27-12-17)32-14-28-29-30-32/h2-4,9,12,14,20-23H,5-8,10-11,13H2,1H3. The molecule has 2 aromatic heterocycles. The van der Waals surface area contributed by atoms with Gasteiger partial charge in [0.25, 0.3) is 5.91 Å². The van der Waals surface area contributed by atoms with Gasteiger partial charge in [-0.15, -0.1) is 5.10 Å². The first-order valence-corrected chi connectivity index (χ1v) is 12.7. The van der Waals surface area contributed by atoms with E-state index in [-0.39, 0.29) is 24.0 Å². The number of amides is 1. The lowest BCUT2D eigenvalue weighted by atomic mass is 9.96. The van der Waals surface area contributed by atoms with E-state index in [1.807, 2.05) is 12.1 Å². The highest BCUT2D eigenvalue weighted by atomic mass is 16.5. The summed E-state index contributed by atoms with van der Waals surface area (Å²) in [6.07, 6.45) is 8.45. The minimum absolute atomic E-state index is 0.0777. The van der Waals surface area contributed by atoms with Crippen molar-refractivity contribution in [1.29, 1.82) is 0 Å². The molecule has 0 aliphatic carbocycles.